The number of amides is 1. The van der Waals surface area contributed by atoms with E-state index < -0.39 is 0 Å². The van der Waals surface area contributed by atoms with E-state index in [0.29, 0.717) is 12.5 Å². The van der Waals surface area contributed by atoms with Crippen LogP contribution in [-0.2, 0) is 11.2 Å². The molecule has 2 heterocycles. The molecular formula is C23H27BrN2O2. The Morgan fingerprint density at radius 2 is 1.96 bits per heavy atom. The molecule has 1 fully saturated rings. The van der Waals surface area contributed by atoms with Crippen molar-refractivity contribution in [2.75, 3.05) is 31.6 Å². The van der Waals surface area contributed by atoms with Crippen molar-refractivity contribution >= 4 is 27.5 Å². The number of likely N-dealkylation sites (tertiary alicyclic amines) is 1. The second-order valence-electron chi connectivity index (χ2n) is 7.76. The van der Waals surface area contributed by atoms with E-state index >= 15 is 0 Å². The largest absolute Gasteiger partial charge is 0.494 e. The molecule has 1 N–H and O–H groups in total. The molecule has 2 aliphatic rings. The average Bonchev–Trinajstić information content (AvgIpc) is 3.01. The Kier molecular flexibility index (Phi) is 6.02. The van der Waals surface area contributed by atoms with Gasteiger partial charge in [0.15, 0.2) is 0 Å². The number of anilines is 1. The molecule has 1 atom stereocenters. The number of ether oxygens (including phenoxy) is 1. The summed E-state index contributed by atoms with van der Waals surface area (Å²) < 4.78 is 6.82. The van der Waals surface area contributed by atoms with Crippen molar-refractivity contribution in [2.24, 2.45) is 5.92 Å². The highest BCUT2D eigenvalue weighted by Gasteiger charge is 2.32. The summed E-state index contributed by atoms with van der Waals surface area (Å²) in [7, 11) is 0. The maximum absolute atomic E-state index is 12.4. The molecule has 4 nitrogen and oxygen atoms in total. The Hall–Kier alpha value is -1.85. The summed E-state index contributed by atoms with van der Waals surface area (Å²) in [6.07, 6.45) is 3.41. The molecule has 0 radical (unpaired) electrons. The molecule has 148 valence electrons. The molecule has 1 amide bonds. The van der Waals surface area contributed by atoms with E-state index in [-0.39, 0.29) is 11.8 Å². The number of carbonyl (C=O) groups excluding carboxylic acids is 1. The van der Waals surface area contributed by atoms with Crippen LogP contribution in [0.25, 0.3) is 0 Å². The predicted molar refractivity (Wildman–Crippen MR) is 116 cm³/mol. The van der Waals surface area contributed by atoms with Crippen LogP contribution >= 0.6 is 15.9 Å². The number of hydrogen-bond donors (Lipinski definition) is 1. The monoisotopic (exact) mass is 442 g/mol. The van der Waals surface area contributed by atoms with Gasteiger partial charge in [0, 0.05) is 16.7 Å². The van der Waals surface area contributed by atoms with Crippen LogP contribution in [0.3, 0.4) is 0 Å². The number of halogens is 1. The third-order valence-electron chi connectivity index (χ3n) is 5.90. The molecule has 0 aromatic heterocycles. The van der Waals surface area contributed by atoms with Crippen LogP contribution in [0.2, 0.25) is 0 Å². The zero-order valence-electron chi connectivity index (χ0n) is 16.3. The van der Waals surface area contributed by atoms with Crippen LogP contribution in [0.5, 0.6) is 5.75 Å². The van der Waals surface area contributed by atoms with Crippen molar-refractivity contribution in [3.63, 3.8) is 0 Å². The number of hydrogen-bond acceptors (Lipinski definition) is 3. The second-order valence-corrected chi connectivity index (χ2v) is 8.62. The third-order valence-corrected chi connectivity index (χ3v) is 6.67. The molecular weight excluding hydrogens is 416 g/mol. The average molecular weight is 443 g/mol. The third kappa shape index (κ3) is 4.26. The fourth-order valence-electron chi connectivity index (χ4n) is 4.36. The van der Waals surface area contributed by atoms with Gasteiger partial charge < -0.3 is 15.0 Å². The van der Waals surface area contributed by atoms with Gasteiger partial charge in [0.1, 0.15) is 5.75 Å². The number of rotatable bonds is 6. The number of piperidine rings is 1. The fourth-order valence-corrected chi connectivity index (χ4v) is 4.77. The smallest absolute Gasteiger partial charge is 0.233 e. The Bertz CT molecular complexity index is 846. The van der Waals surface area contributed by atoms with Crippen molar-refractivity contribution in [1.82, 2.24) is 4.90 Å². The zero-order chi connectivity index (χ0) is 19.5. The van der Waals surface area contributed by atoms with Gasteiger partial charge in [0.05, 0.1) is 12.5 Å². The highest BCUT2D eigenvalue weighted by Crippen LogP contribution is 2.34. The molecule has 28 heavy (non-hydrogen) atoms. The summed E-state index contributed by atoms with van der Waals surface area (Å²) in [6.45, 7) is 5.63. The fraction of sp³-hybridized carbons (Fsp3) is 0.435. The molecule has 0 bridgehead atoms. The van der Waals surface area contributed by atoms with E-state index in [1.165, 1.54) is 18.4 Å². The SMILES string of the molecule is CCOc1ccc(Br)c(CC2CCN(CC3C(=O)Nc4ccccc43)CC2)c1. The van der Waals surface area contributed by atoms with Gasteiger partial charge in [-0.15, -0.1) is 0 Å². The van der Waals surface area contributed by atoms with E-state index in [1.807, 2.05) is 31.2 Å². The van der Waals surface area contributed by atoms with Crippen molar-refractivity contribution in [3.05, 3.63) is 58.1 Å². The van der Waals surface area contributed by atoms with Gasteiger partial charge in [-0.2, -0.15) is 0 Å². The molecule has 2 aromatic carbocycles. The Balaban J connectivity index is 1.33. The highest BCUT2D eigenvalue weighted by molar-refractivity contribution is 9.10. The number of nitrogens with one attached hydrogen (secondary N) is 1. The number of carbonyl (C=O) groups is 1. The van der Waals surface area contributed by atoms with Gasteiger partial charge in [-0.05, 0) is 80.6 Å². The predicted octanol–water partition coefficient (Wildman–Crippen LogP) is 4.84. The normalized spacial score (nSPS) is 20.1. The summed E-state index contributed by atoms with van der Waals surface area (Å²) in [6, 6.07) is 14.3. The van der Waals surface area contributed by atoms with Gasteiger partial charge in [-0.1, -0.05) is 34.1 Å². The van der Waals surface area contributed by atoms with Crippen molar-refractivity contribution in [3.8, 4) is 5.75 Å². The van der Waals surface area contributed by atoms with E-state index in [2.05, 4.69) is 44.3 Å². The molecule has 4 rings (SSSR count). The maximum atomic E-state index is 12.4. The maximum Gasteiger partial charge on any atom is 0.233 e. The molecule has 2 aliphatic heterocycles. The van der Waals surface area contributed by atoms with Crippen LogP contribution in [0.1, 0.15) is 36.8 Å². The lowest BCUT2D eigenvalue weighted by atomic mass is 9.89. The lowest BCUT2D eigenvalue weighted by molar-refractivity contribution is -0.117. The number of fused-ring (bicyclic) bond motifs is 1. The van der Waals surface area contributed by atoms with Crippen molar-refractivity contribution < 1.29 is 9.53 Å². The number of nitrogens with zero attached hydrogens (tertiary/aromatic N) is 1. The number of benzene rings is 2. The second kappa shape index (κ2) is 8.66. The first-order valence-corrected chi connectivity index (χ1v) is 11.0. The molecule has 0 aliphatic carbocycles. The van der Waals surface area contributed by atoms with Crippen LogP contribution < -0.4 is 10.1 Å². The van der Waals surface area contributed by atoms with Crippen LogP contribution in [0.4, 0.5) is 5.69 Å². The Morgan fingerprint density at radius 1 is 1.18 bits per heavy atom. The molecule has 0 saturated carbocycles. The molecule has 0 spiro atoms. The van der Waals surface area contributed by atoms with Gasteiger partial charge in [0.25, 0.3) is 0 Å². The quantitative estimate of drug-likeness (QED) is 0.695. The summed E-state index contributed by atoms with van der Waals surface area (Å²) >= 11 is 3.69. The van der Waals surface area contributed by atoms with Crippen LogP contribution in [0.15, 0.2) is 46.9 Å². The lowest BCUT2D eigenvalue weighted by Gasteiger charge is -2.33. The first-order chi connectivity index (χ1) is 13.6. The zero-order valence-corrected chi connectivity index (χ0v) is 17.9. The standard InChI is InChI=1S/C23H27BrN2O2/c1-2-28-18-7-8-21(24)17(14-18)13-16-9-11-26(12-10-16)15-20-19-5-3-4-6-22(19)25-23(20)27/h3-8,14,16,20H,2,9-13,15H2,1H3,(H,25,27). The number of para-hydroxylation sites is 1. The van der Waals surface area contributed by atoms with E-state index in [9.17, 15) is 4.79 Å². The molecule has 2 aromatic rings. The molecule has 1 saturated heterocycles. The minimum atomic E-state index is -0.0373. The minimum Gasteiger partial charge on any atom is -0.494 e. The Labute approximate surface area is 175 Å². The van der Waals surface area contributed by atoms with Crippen molar-refractivity contribution in [1.29, 1.82) is 0 Å². The summed E-state index contributed by atoms with van der Waals surface area (Å²) in [4.78, 5) is 14.8. The first-order valence-electron chi connectivity index (χ1n) is 10.2. The van der Waals surface area contributed by atoms with Gasteiger partial charge in [0.2, 0.25) is 5.91 Å². The van der Waals surface area contributed by atoms with Crippen LogP contribution in [-0.4, -0.2) is 37.0 Å². The van der Waals surface area contributed by atoms with Gasteiger partial charge in [-0.25, -0.2) is 0 Å². The Morgan fingerprint density at radius 3 is 2.75 bits per heavy atom. The van der Waals surface area contributed by atoms with E-state index in [0.717, 1.165) is 47.5 Å². The lowest BCUT2D eigenvalue weighted by Crippen LogP contribution is -2.38. The van der Waals surface area contributed by atoms with Crippen molar-refractivity contribution in [2.45, 2.75) is 32.1 Å². The molecule has 5 heteroatoms. The van der Waals surface area contributed by atoms with Crippen LogP contribution in [0, 0.1) is 5.92 Å². The van der Waals surface area contributed by atoms with Gasteiger partial charge in [-0.3, -0.25) is 4.79 Å². The summed E-state index contributed by atoms with van der Waals surface area (Å²) in [5.41, 5.74) is 3.45. The summed E-state index contributed by atoms with van der Waals surface area (Å²) in [5, 5.41) is 3.02. The summed E-state index contributed by atoms with van der Waals surface area (Å²) in [5.74, 6) is 1.72. The highest BCUT2D eigenvalue weighted by atomic mass is 79.9. The molecule has 1 unspecified atom stereocenters. The minimum absolute atomic E-state index is 0.0373. The first kappa shape index (κ1) is 19.5. The van der Waals surface area contributed by atoms with E-state index in [4.69, 9.17) is 4.74 Å². The van der Waals surface area contributed by atoms with E-state index in [1.54, 1.807) is 0 Å². The topological polar surface area (TPSA) is 41.6 Å². The van der Waals surface area contributed by atoms with Gasteiger partial charge >= 0.3 is 0 Å².